The molecule has 0 spiro atoms. The van der Waals surface area contributed by atoms with Gasteiger partial charge in [-0.05, 0) is 43.5 Å². The summed E-state index contributed by atoms with van der Waals surface area (Å²) in [5.41, 5.74) is 2.08. The zero-order valence-electron chi connectivity index (χ0n) is 12.4. The van der Waals surface area contributed by atoms with Gasteiger partial charge in [-0.15, -0.1) is 0 Å². The quantitative estimate of drug-likeness (QED) is 0.852. The molecule has 0 bridgehead atoms. The number of hydrogen-bond donors (Lipinski definition) is 1. The lowest BCUT2D eigenvalue weighted by Crippen LogP contribution is -2.33. The number of sulfonamides is 1. The van der Waals surface area contributed by atoms with Crippen molar-refractivity contribution in [2.75, 3.05) is 6.54 Å². The Morgan fingerprint density at radius 3 is 2.57 bits per heavy atom. The minimum absolute atomic E-state index is 0.348. The van der Waals surface area contributed by atoms with Crippen LogP contribution in [0.3, 0.4) is 0 Å². The fourth-order valence-electron chi connectivity index (χ4n) is 1.94. The average molecular weight is 307 g/mol. The molecule has 2 aromatic rings. The minimum atomic E-state index is -3.19. The highest BCUT2D eigenvalue weighted by Gasteiger charge is 2.17. The number of benzene rings is 1. The van der Waals surface area contributed by atoms with Crippen molar-refractivity contribution in [2.45, 2.75) is 31.9 Å². The molecule has 0 fully saturated rings. The van der Waals surface area contributed by atoms with Crippen molar-refractivity contribution >= 4 is 10.0 Å². The summed E-state index contributed by atoms with van der Waals surface area (Å²) in [6.07, 6.45) is 4.91. The zero-order valence-corrected chi connectivity index (χ0v) is 13.2. The normalized spacial score (nSPS) is 13.2. The van der Waals surface area contributed by atoms with Gasteiger partial charge in [0.15, 0.2) is 0 Å². The molecular formula is C15H21N3O2S. The molecule has 0 radical (unpaired) electrons. The maximum absolute atomic E-state index is 11.8. The summed E-state index contributed by atoms with van der Waals surface area (Å²) in [5, 5.41) is 3.82. The third-order valence-corrected chi connectivity index (χ3v) is 5.53. The zero-order chi connectivity index (χ0) is 15.3. The lowest BCUT2D eigenvalue weighted by atomic mass is 10.1. The molecule has 0 aliphatic carbocycles. The van der Waals surface area contributed by atoms with E-state index in [2.05, 4.69) is 9.82 Å². The van der Waals surface area contributed by atoms with Gasteiger partial charge in [-0.3, -0.25) is 0 Å². The second-order valence-electron chi connectivity index (χ2n) is 5.03. The second kappa shape index (κ2) is 6.87. The molecule has 0 aliphatic heterocycles. The van der Waals surface area contributed by atoms with E-state index in [1.165, 1.54) is 0 Å². The van der Waals surface area contributed by atoms with Crippen molar-refractivity contribution < 1.29 is 8.42 Å². The van der Waals surface area contributed by atoms with Crippen molar-refractivity contribution in [1.29, 1.82) is 0 Å². The molecule has 2 rings (SSSR count). The Hall–Kier alpha value is -1.66. The Morgan fingerprint density at radius 2 is 2.00 bits per heavy atom. The summed E-state index contributed by atoms with van der Waals surface area (Å²) >= 11 is 0. The highest BCUT2D eigenvalue weighted by atomic mass is 32.2. The summed E-state index contributed by atoms with van der Waals surface area (Å²) in [6.45, 7) is 4.02. The van der Waals surface area contributed by atoms with Crippen LogP contribution in [0.5, 0.6) is 0 Å². The first-order chi connectivity index (χ1) is 10.0. The van der Waals surface area contributed by atoms with Gasteiger partial charge >= 0.3 is 0 Å². The first-order valence-electron chi connectivity index (χ1n) is 7.10. The Bertz CT molecular complexity index is 649. The maximum atomic E-state index is 11.8. The van der Waals surface area contributed by atoms with E-state index in [4.69, 9.17) is 0 Å². The van der Waals surface area contributed by atoms with Crippen LogP contribution in [0.1, 0.15) is 25.8 Å². The van der Waals surface area contributed by atoms with Gasteiger partial charge in [0, 0.05) is 18.9 Å². The molecule has 0 aliphatic rings. The van der Waals surface area contributed by atoms with Crippen LogP contribution in [0.4, 0.5) is 0 Å². The van der Waals surface area contributed by atoms with Gasteiger partial charge in [-0.25, -0.2) is 17.8 Å². The topological polar surface area (TPSA) is 64.0 Å². The van der Waals surface area contributed by atoms with Gasteiger partial charge in [0.1, 0.15) is 0 Å². The van der Waals surface area contributed by atoms with Crippen molar-refractivity contribution in [1.82, 2.24) is 14.5 Å². The van der Waals surface area contributed by atoms with E-state index >= 15 is 0 Å². The van der Waals surface area contributed by atoms with Gasteiger partial charge in [0.05, 0.1) is 10.9 Å². The van der Waals surface area contributed by atoms with Crippen LogP contribution >= 0.6 is 0 Å². The van der Waals surface area contributed by atoms with Crippen molar-refractivity contribution in [3.63, 3.8) is 0 Å². The third-order valence-electron chi connectivity index (χ3n) is 3.53. The second-order valence-corrected chi connectivity index (χ2v) is 7.21. The van der Waals surface area contributed by atoms with Crippen LogP contribution in [0, 0.1) is 0 Å². The van der Waals surface area contributed by atoms with Gasteiger partial charge < -0.3 is 0 Å². The van der Waals surface area contributed by atoms with Crippen molar-refractivity contribution in [3.05, 3.63) is 48.3 Å². The monoisotopic (exact) mass is 307 g/mol. The Balaban J connectivity index is 1.90. The lowest BCUT2D eigenvalue weighted by molar-refractivity contribution is 0.566. The predicted molar refractivity (Wildman–Crippen MR) is 83.9 cm³/mol. The Labute approximate surface area is 126 Å². The van der Waals surface area contributed by atoms with Crippen LogP contribution in [0.25, 0.3) is 5.69 Å². The van der Waals surface area contributed by atoms with Gasteiger partial charge in [-0.1, -0.05) is 19.1 Å². The fourth-order valence-corrected chi connectivity index (χ4v) is 3.05. The van der Waals surface area contributed by atoms with E-state index in [9.17, 15) is 8.42 Å². The molecule has 1 aromatic heterocycles. The van der Waals surface area contributed by atoms with Crippen LogP contribution in [-0.4, -0.2) is 30.0 Å². The molecule has 0 saturated heterocycles. The summed E-state index contributed by atoms with van der Waals surface area (Å²) in [4.78, 5) is 0. The lowest BCUT2D eigenvalue weighted by Gasteiger charge is -2.12. The highest BCUT2D eigenvalue weighted by molar-refractivity contribution is 7.90. The molecule has 0 unspecified atom stereocenters. The van der Waals surface area contributed by atoms with Gasteiger partial charge in [0.2, 0.25) is 10.0 Å². The third kappa shape index (κ3) is 4.15. The number of nitrogens with one attached hydrogen (secondary N) is 1. The molecule has 1 atom stereocenters. The number of nitrogens with zero attached hydrogens (tertiary/aromatic N) is 2. The fraction of sp³-hybridized carbons (Fsp3) is 0.400. The number of hydrogen-bond acceptors (Lipinski definition) is 3. The largest absolute Gasteiger partial charge is 0.241 e. The number of aromatic nitrogens is 2. The molecular weight excluding hydrogens is 286 g/mol. The SMILES string of the molecule is CC[C@H](C)S(=O)(=O)NCCc1ccc(-n2cccn2)cc1. The van der Waals surface area contributed by atoms with E-state index in [0.29, 0.717) is 19.4 Å². The van der Waals surface area contributed by atoms with Gasteiger partial charge in [-0.2, -0.15) is 5.10 Å². The number of rotatable bonds is 7. The molecule has 5 nitrogen and oxygen atoms in total. The molecule has 1 aromatic carbocycles. The first-order valence-corrected chi connectivity index (χ1v) is 8.65. The van der Waals surface area contributed by atoms with E-state index < -0.39 is 10.0 Å². The summed E-state index contributed by atoms with van der Waals surface area (Å²) in [5.74, 6) is 0. The molecule has 114 valence electrons. The van der Waals surface area contributed by atoms with Crippen LogP contribution in [-0.2, 0) is 16.4 Å². The molecule has 1 N–H and O–H groups in total. The molecule has 21 heavy (non-hydrogen) atoms. The summed E-state index contributed by atoms with van der Waals surface area (Å²) in [7, 11) is -3.19. The van der Waals surface area contributed by atoms with E-state index in [0.717, 1.165) is 11.3 Å². The van der Waals surface area contributed by atoms with Crippen molar-refractivity contribution in [2.24, 2.45) is 0 Å². The van der Waals surface area contributed by atoms with Crippen LogP contribution in [0.2, 0.25) is 0 Å². The molecule has 0 saturated carbocycles. The summed E-state index contributed by atoms with van der Waals surface area (Å²) in [6, 6.07) is 9.82. The van der Waals surface area contributed by atoms with E-state index in [1.807, 2.05) is 43.5 Å². The highest BCUT2D eigenvalue weighted by Crippen LogP contribution is 2.09. The van der Waals surface area contributed by atoms with E-state index in [-0.39, 0.29) is 5.25 Å². The van der Waals surface area contributed by atoms with E-state index in [1.54, 1.807) is 17.8 Å². The average Bonchev–Trinajstić information content (AvgIpc) is 3.01. The van der Waals surface area contributed by atoms with Gasteiger partial charge in [0.25, 0.3) is 0 Å². The van der Waals surface area contributed by atoms with Crippen LogP contribution < -0.4 is 4.72 Å². The standard InChI is InChI=1S/C15H21N3O2S/c1-3-13(2)21(19,20)17-11-9-14-5-7-15(8-6-14)18-12-4-10-16-18/h4-8,10,12-13,17H,3,9,11H2,1-2H3/t13-/m0/s1. The molecule has 0 amide bonds. The smallest absolute Gasteiger partial charge is 0.214 e. The van der Waals surface area contributed by atoms with Crippen molar-refractivity contribution in [3.8, 4) is 5.69 Å². The summed E-state index contributed by atoms with van der Waals surface area (Å²) < 4.78 is 28.1. The Morgan fingerprint density at radius 1 is 1.29 bits per heavy atom. The molecule has 6 heteroatoms. The predicted octanol–water partition coefficient (Wildman–Crippen LogP) is 2.13. The first kappa shape index (κ1) is 15.7. The Kier molecular flexibility index (Phi) is 5.14. The maximum Gasteiger partial charge on any atom is 0.214 e. The van der Waals surface area contributed by atoms with Crippen LogP contribution in [0.15, 0.2) is 42.7 Å². The minimum Gasteiger partial charge on any atom is -0.241 e. The molecule has 1 heterocycles.